The van der Waals surface area contributed by atoms with E-state index in [2.05, 4.69) is 19.1 Å². The fraction of sp³-hybridized carbons (Fsp3) is 0.643. The second-order valence-corrected chi connectivity index (χ2v) is 6.66. The molecule has 21 heavy (non-hydrogen) atoms. The number of carbonyl (C=O) groups is 1. The lowest BCUT2D eigenvalue weighted by atomic mass is 10.2. The smallest absolute Gasteiger partial charge is 0.348 e. The minimum Gasteiger partial charge on any atom is -0.369 e. The van der Waals surface area contributed by atoms with Gasteiger partial charge in [-0.25, -0.2) is 4.79 Å². The number of nitrogens with two attached hydrogens (primary N) is 1. The number of rotatable bonds is 7. The van der Waals surface area contributed by atoms with Crippen LogP contribution in [0.1, 0.15) is 24.1 Å². The molecule has 1 aliphatic carbocycles. The SMILES string of the molecule is C[NH+](C)CCCn1c2c(c(SCC(N)=O)nc1=O)CCC2. The molecule has 1 amide bonds. The number of nitrogens with one attached hydrogen (secondary N) is 1. The molecule has 0 atom stereocenters. The van der Waals surface area contributed by atoms with Crippen molar-refractivity contribution in [3.8, 4) is 0 Å². The summed E-state index contributed by atoms with van der Waals surface area (Å²) >= 11 is 1.28. The molecular formula is C14H23N4O2S+. The zero-order valence-electron chi connectivity index (χ0n) is 12.6. The highest BCUT2D eigenvalue weighted by Gasteiger charge is 2.22. The minimum absolute atomic E-state index is 0.173. The van der Waals surface area contributed by atoms with E-state index in [0.717, 1.165) is 50.0 Å². The van der Waals surface area contributed by atoms with E-state index in [9.17, 15) is 9.59 Å². The Labute approximate surface area is 128 Å². The first-order valence-corrected chi connectivity index (χ1v) is 8.30. The van der Waals surface area contributed by atoms with Crippen LogP contribution in [0.4, 0.5) is 0 Å². The summed E-state index contributed by atoms with van der Waals surface area (Å²) in [6.45, 7) is 1.75. The molecule has 0 saturated carbocycles. The van der Waals surface area contributed by atoms with E-state index in [-0.39, 0.29) is 17.3 Å². The number of hydrogen-bond acceptors (Lipinski definition) is 4. The fourth-order valence-corrected chi connectivity index (χ4v) is 3.48. The number of aromatic nitrogens is 2. The molecule has 1 aromatic heterocycles. The third-order valence-electron chi connectivity index (χ3n) is 3.61. The molecule has 1 aromatic rings. The summed E-state index contributed by atoms with van der Waals surface area (Å²) in [7, 11) is 4.21. The largest absolute Gasteiger partial charge is 0.369 e. The number of carbonyl (C=O) groups excluding carboxylic acids is 1. The zero-order valence-corrected chi connectivity index (χ0v) is 13.5. The number of hydrogen-bond donors (Lipinski definition) is 2. The molecule has 6 nitrogen and oxygen atoms in total. The van der Waals surface area contributed by atoms with Gasteiger partial charge in [0.1, 0.15) is 5.03 Å². The highest BCUT2D eigenvalue weighted by atomic mass is 32.2. The predicted molar refractivity (Wildman–Crippen MR) is 82.7 cm³/mol. The van der Waals surface area contributed by atoms with Crippen LogP contribution >= 0.6 is 11.8 Å². The van der Waals surface area contributed by atoms with Crippen LogP contribution in [0.2, 0.25) is 0 Å². The van der Waals surface area contributed by atoms with E-state index < -0.39 is 0 Å². The summed E-state index contributed by atoms with van der Waals surface area (Å²) in [5.41, 5.74) is 7.22. The van der Waals surface area contributed by atoms with Crippen molar-refractivity contribution in [3.05, 3.63) is 21.7 Å². The Hall–Kier alpha value is -1.34. The lowest BCUT2D eigenvalue weighted by molar-refractivity contribution is -0.858. The van der Waals surface area contributed by atoms with E-state index in [1.165, 1.54) is 16.7 Å². The molecular weight excluding hydrogens is 288 g/mol. The summed E-state index contributed by atoms with van der Waals surface area (Å²) in [5, 5.41) is 0.695. The van der Waals surface area contributed by atoms with Gasteiger partial charge in [0.2, 0.25) is 5.91 Å². The van der Waals surface area contributed by atoms with E-state index in [1.807, 2.05) is 4.57 Å². The molecule has 0 unspecified atom stereocenters. The molecule has 1 heterocycles. The lowest BCUT2D eigenvalue weighted by Crippen LogP contribution is -3.05. The van der Waals surface area contributed by atoms with Crippen molar-refractivity contribution in [2.45, 2.75) is 37.3 Å². The molecule has 0 radical (unpaired) electrons. The van der Waals surface area contributed by atoms with Gasteiger partial charge >= 0.3 is 5.69 Å². The monoisotopic (exact) mass is 311 g/mol. The van der Waals surface area contributed by atoms with Crippen molar-refractivity contribution >= 4 is 17.7 Å². The summed E-state index contributed by atoms with van der Waals surface area (Å²) in [4.78, 5) is 28.7. The maximum Gasteiger partial charge on any atom is 0.348 e. The molecule has 7 heteroatoms. The Morgan fingerprint density at radius 2 is 2.19 bits per heavy atom. The number of amides is 1. The molecule has 2 rings (SSSR count). The van der Waals surface area contributed by atoms with Crippen LogP contribution in [0.3, 0.4) is 0 Å². The van der Waals surface area contributed by atoms with Crippen LogP contribution in [0, 0.1) is 0 Å². The first kappa shape index (κ1) is 16.0. The molecule has 0 bridgehead atoms. The minimum atomic E-state index is -0.383. The van der Waals surface area contributed by atoms with Crippen LogP contribution < -0.4 is 16.3 Å². The number of nitrogens with zero attached hydrogens (tertiary/aromatic N) is 2. The number of thioether (sulfide) groups is 1. The summed E-state index contributed by atoms with van der Waals surface area (Å²) < 4.78 is 1.82. The molecule has 116 valence electrons. The van der Waals surface area contributed by atoms with Crippen LogP contribution in [-0.2, 0) is 24.2 Å². The van der Waals surface area contributed by atoms with E-state index in [0.29, 0.717) is 5.03 Å². The maximum atomic E-state index is 12.2. The molecule has 0 fully saturated rings. The number of primary amides is 1. The Balaban J connectivity index is 2.22. The molecule has 1 aliphatic rings. The maximum absolute atomic E-state index is 12.2. The zero-order chi connectivity index (χ0) is 15.4. The van der Waals surface area contributed by atoms with Crippen molar-refractivity contribution in [1.82, 2.24) is 9.55 Å². The molecule has 3 N–H and O–H groups in total. The molecule has 0 aromatic carbocycles. The second-order valence-electron chi connectivity index (χ2n) is 5.70. The highest BCUT2D eigenvalue weighted by molar-refractivity contribution is 7.99. The lowest BCUT2D eigenvalue weighted by Gasteiger charge is -2.14. The van der Waals surface area contributed by atoms with Gasteiger partial charge in [-0.1, -0.05) is 11.8 Å². The second kappa shape index (κ2) is 7.09. The van der Waals surface area contributed by atoms with Gasteiger partial charge in [0.15, 0.2) is 0 Å². The summed E-state index contributed by atoms with van der Waals surface area (Å²) in [5.74, 6) is -0.209. The third kappa shape index (κ3) is 4.07. The normalized spacial score (nSPS) is 13.7. The van der Waals surface area contributed by atoms with Gasteiger partial charge in [-0.3, -0.25) is 9.36 Å². The van der Waals surface area contributed by atoms with Crippen molar-refractivity contribution in [2.75, 3.05) is 26.4 Å². The average molecular weight is 311 g/mol. The van der Waals surface area contributed by atoms with Gasteiger partial charge in [-0.15, -0.1) is 0 Å². The van der Waals surface area contributed by atoms with Gasteiger partial charge in [-0.2, -0.15) is 4.98 Å². The Morgan fingerprint density at radius 1 is 1.43 bits per heavy atom. The van der Waals surface area contributed by atoms with Crippen LogP contribution in [0.25, 0.3) is 0 Å². The first-order chi connectivity index (χ1) is 9.99. The van der Waals surface area contributed by atoms with Crippen molar-refractivity contribution in [3.63, 3.8) is 0 Å². The van der Waals surface area contributed by atoms with Gasteiger partial charge in [0.05, 0.1) is 26.4 Å². The quantitative estimate of drug-likeness (QED) is 0.492. The van der Waals surface area contributed by atoms with Gasteiger partial charge in [0.25, 0.3) is 0 Å². The van der Waals surface area contributed by atoms with Crippen molar-refractivity contribution in [1.29, 1.82) is 0 Å². The van der Waals surface area contributed by atoms with Crippen LogP contribution in [0.5, 0.6) is 0 Å². The molecule has 0 aliphatic heterocycles. The van der Waals surface area contributed by atoms with Gasteiger partial charge in [0, 0.05) is 24.2 Å². The Bertz CT molecular complexity index is 583. The molecule has 0 saturated heterocycles. The summed E-state index contributed by atoms with van der Waals surface area (Å²) in [6.07, 6.45) is 3.86. The van der Waals surface area contributed by atoms with E-state index in [4.69, 9.17) is 5.73 Å². The van der Waals surface area contributed by atoms with E-state index >= 15 is 0 Å². The van der Waals surface area contributed by atoms with Crippen LogP contribution in [-0.4, -0.2) is 41.9 Å². The fourth-order valence-electron chi connectivity index (χ4n) is 2.67. The van der Waals surface area contributed by atoms with Crippen molar-refractivity contribution < 1.29 is 9.69 Å². The predicted octanol–water partition coefficient (Wildman–Crippen LogP) is -1.16. The van der Waals surface area contributed by atoms with Gasteiger partial charge in [-0.05, 0) is 19.3 Å². The Kier molecular flexibility index (Phi) is 5.41. The highest BCUT2D eigenvalue weighted by Crippen LogP contribution is 2.28. The summed E-state index contributed by atoms with van der Waals surface area (Å²) in [6, 6.07) is 0. The third-order valence-corrected chi connectivity index (χ3v) is 4.65. The molecule has 0 spiro atoms. The van der Waals surface area contributed by atoms with E-state index in [1.54, 1.807) is 0 Å². The van der Waals surface area contributed by atoms with Crippen LogP contribution in [0.15, 0.2) is 9.82 Å². The number of quaternary nitrogens is 1. The standard InChI is InChI=1S/C14H22N4O2S/c1-17(2)7-4-8-18-11-6-3-5-10(11)13(16-14(18)20)21-9-12(15)19/h3-9H2,1-2H3,(H2,15,19)/p+1. The first-order valence-electron chi connectivity index (χ1n) is 7.31. The van der Waals surface area contributed by atoms with Gasteiger partial charge < -0.3 is 10.6 Å². The topological polar surface area (TPSA) is 82.4 Å². The Morgan fingerprint density at radius 3 is 2.86 bits per heavy atom. The number of fused-ring (bicyclic) bond motifs is 1. The average Bonchev–Trinajstić information content (AvgIpc) is 2.87. The van der Waals surface area contributed by atoms with Crippen molar-refractivity contribution in [2.24, 2.45) is 5.73 Å².